The first-order chi connectivity index (χ1) is 6.81. The van der Waals surface area contributed by atoms with E-state index >= 15 is 0 Å². The molecule has 0 aliphatic carbocycles. The van der Waals surface area contributed by atoms with Crippen LogP contribution in [0.5, 0.6) is 0 Å². The lowest BCUT2D eigenvalue weighted by atomic mass is 10.1. The highest BCUT2D eigenvalue weighted by Crippen LogP contribution is 2.23. The highest BCUT2D eigenvalue weighted by atomic mass is 35.5. The van der Waals surface area contributed by atoms with E-state index in [1.165, 1.54) is 5.56 Å². The molecule has 1 aromatic heterocycles. The molecule has 0 bridgehead atoms. The van der Waals surface area contributed by atoms with E-state index in [-0.39, 0.29) is 0 Å². The maximum atomic E-state index is 5.61. The van der Waals surface area contributed by atoms with Gasteiger partial charge in [0.1, 0.15) is 0 Å². The predicted molar refractivity (Wildman–Crippen MR) is 56.2 cm³/mol. The number of rotatable bonds is 2. The third kappa shape index (κ3) is 1.66. The Morgan fingerprint density at radius 2 is 2.14 bits per heavy atom. The lowest BCUT2D eigenvalue weighted by molar-refractivity contribution is 0.528. The minimum atomic E-state index is 0.311. The molecule has 14 heavy (non-hydrogen) atoms. The molecule has 0 spiro atoms. The summed E-state index contributed by atoms with van der Waals surface area (Å²) < 4.78 is 5.46. The molecule has 0 unspecified atom stereocenters. The van der Waals surface area contributed by atoms with Crippen molar-refractivity contribution in [1.29, 1.82) is 0 Å². The molecule has 2 nitrogen and oxygen atoms in total. The third-order valence-electron chi connectivity index (χ3n) is 2.08. The summed E-state index contributed by atoms with van der Waals surface area (Å²) in [5.41, 5.74) is 2.24. The van der Waals surface area contributed by atoms with Gasteiger partial charge in [-0.2, -0.15) is 0 Å². The Bertz CT molecular complexity index is 436. The number of aryl methyl sites for hydroxylation is 1. The van der Waals surface area contributed by atoms with Crippen LogP contribution in [0.2, 0.25) is 0 Å². The van der Waals surface area contributed by atoms with Gasteiger partial charge in [0.05, 0.1) is 12.1 Å². The number of hydrogen-bond acceptors (Lipinski definition) is 2. The number of oxazole rings is 1. The fraction of sp³-hybridized carbons (Fsp3) is 0.182. The second-order valence-electron chi connectivity index (χ2n) is 3.07. The number of hydrogen-bond donors (Lipinski definition) is 0. The van der Waals surface area contributed by atoms with Crippen LogP contribution in [-0.2, 0) is 5.88 Å². The molecule has 0 fully saturated rings. The first-order valence-electron chi connectivity index (χ1n) is 4.38. The summed E-state index contributed by atoms with van der Waals surface area (Å²) in [5.74, 6) is 1.65. The van der Waals surface area contributed by atoms with Crippen molar-refractivity contribution in [3.05, 3.63) is 41.9 Å². The molecular formula is C11H10ClNO. The number of nitrogens with zero attached hydrogens (tertiary/aromatic N) is 1. The highest BCUT2D eigenvalue weighted by Gasteiger charge is 2.06. The van der Waals surface area contributed by atoms with Crippen LogP contribution in [-0.4, -0.2) is 4.98 Å². The summed E-state index contributed by atoms with van der Waals surface area (Å²) in [6, 6.07) is 8.02. The number of halogens is 1. The summed E-state index contributed by atoms with van der Waals surface area (Å²) in [6.07, 6.45) is 1.71. The van der Waals surface area contributed by atoms with Crippen LogP contribution in [0, 0.1) is 6.92 Å². The van der Waals surface area contributed by atoms with E-state index in [9.17, 15) is 0 Å². The molecular weight excluding hydrogens is 198 g/mol. The Balaban J connectivity index is 2.44. The molecule has 72 valence electrons. The Labute approximate surface area is 87.5 Å². The molecule has 0 N–H and O–H groups in total. The minimum absolute atomic E-state index is 0.311. The van der Waals surface area contributed by atoms with Gasteiger partial charge in [0.15, 0.2) is 5.76 Å². The van der Waals surface area contributed by atoms with Gasteiger partial charge >= 0.3 is 0 Å². The summed E-state index contributed by atoms with van der Waals surface area (Å²) in [7, 11) is 0. The fourth-order valence-electron chi connectivity index (χ4n) is 1.35. The highest BCUT2D eigenvalue weighted by molar-refractivity contribution is 6.16. The van der Waals surface area contributed by atoms with Crippen molar-refractivity contribution in [2.75, 3.05) is 0 Å². The molecule has 0 saturated carbocycles. The van der Waals surface area contributed by atoms with Crippen molar-refractivity contribution < 1.29 is 4.42 Å². The lowest BCUT2D eigenvalue weighted by Gasteiger charge is -1.99. The molecule has 0 amide bonds. The van der Waals surface area contributed by atoms with Crippen LogP contribution >= 0.6 is 11.6 Å². The second kappa shape index (κ2) is 3.84. The topological polar surface area (TPSA) is 26.0 Å². The van der Waals surface area contributed by atoms with Gasteiger partial charge in [0, 0.05) is 5.56 Å². The maximum absolute atomic E-state index is 5.61. The normalized spacial score (nSPS) is 10.4. The number of benzene rings is 1. The fourth-order valence-corrected chi connectivity index (χ4v) is 1.47. The van der Waals surface area contributed by atoms with Crippen LogP contribution in [0.4, 0.5) is 0 Å². The van der Waals surface area contributed by atoms with E-state index in [0.717, 1.165) is 11.3 Å². The van der Waals surface area contributed by atoms with E-state index in [1.807, 2.05) is 31.2 Å². The quantitative estimate of drug-likeness (QED) is 0.706. The van der Waals surface area contributed by atoms with Gasteiger partial charge in [-0.25, -0.2) is 4.98 Å². The molecule has 0 saturated heterocycles. The largest absolute Gasteiger partial charge is 0.439 e. The lowest BCUT2D eigenvalue weighted by Crippen LogP contribution is -1.78. The SMILES string of the molecule is Cc1ccccc1-c1cnc(CCl)o1. The molecule has 1 heterocycles. The summed E-state index contributed by atoms with van der Waals surface area (Å²) in [6.45, 7) is 2.04. The molecule has 0 radical (unpaired) electrons. The van der Waals surface area contributed by atoms with Crippen LogP contribution in [0.25, 0.3) is 11.3 Å². The van der Waals surface area contributed by atoms with Gasteiger partial charge in [-0.05, 0) is 12.5 Å². The van der Waals surface area contributed by atoms with Gasteiger partial charge in [0.2, 0.25) is 5.89 Å². The van der Waals surface area contributed by atoms with Crippen molar-refractivity contribution in [1.82, 2.24) is 4.98 Å². The first kappa shape index (κ1) is 9.28. The van der Waals surface area contributed by atoms with Gasteiger partial charge in [-0.3, -0.25) is 0 Å². The standard InChI is InChI=1S/C11H10ClNO/c1-8-4-2-3-5-9(8)10-7-13-11(6-12)14-10/h2-5,7H,6H2,1H3. The second-order valence-corrected chi connectivity index (χ2v) is 3.33. The minimum Gasteiger partial charge on any atom is -0.439 e. The molecule has 0 aliphatic rings. The molecule has 0 aliphatic heterocycles. The Morgan fingerprint density at radius 3 is 2.79 bits per heavy atom. The van der Waals surface area contributed by atoms with E-state index in [4.69, 9.17) is 16.0 Å². The van der Waals surface area contributed by atoms with E-state index < -0.39 is 0 Å². The number of aromatic nitrogens is 1. The van der Waals surface area contributed by atoms with Crippen LogP contribution < -0.4 is 0 Å². The van der Waals surface area contributed by atoms with E-state index in [1.54, 1.807) is 6.20 Å². The van der Waals surface area contributed by atoms with Crippen LogP contribution in [0.15, 0.2) is 34.9 Å². The Morgan fingerprint density at radius 1 is 1.36 bits per heavy atom. The molecule has 1 aromatic carbocycles. The average Bonchev–Trinajstić information content (AvgIpc) is 2.67. The van der Waals surface area contributed by atoms with Crippen molar-refractivity contribution in [3.63, 3.8) is 0 Å². The molecule has 2 rings (SSSR count). The van der Waals surface area contributed by atoms with Crippen LogP contribution in [0.1, 0.15) is 11.5 Å². The molecule has 0 atom stereocenters. The van der Waals surface area contributed by atoms with E-state index in [2.05, 4.69) is 4.98 Å². The smallest absolute Gasteiger partial charge is 0.209 e. The average molecular weight is 208 g/mol. The summed E-state index contributed by atoms with van der Waals surface area (Å²) in [4.78, 5) is 4.05. The van der Waals surface area contributed by atoms with Crippen molar-refractivity contribution in [3.8, 4) is 11.3 Å². The zero-order valence-corrected chi connectivity index (χ0v) is 8.58. The zero-order valence-electron chi connectivity index (χ0n) is 7.83. The van der Waals surface area contributed by atoms with Gasteiger partial charge in [0.25, 0.3) is 0 Å². The Hall–Kier alpha value is -1.28. The Kier molecular flexibility index (Phi) is 2.55. The maximum Gasteiger partial charge on any atom is 0.209 e. The molecule has 2 aromatic rings. The molecule has 3 heteroatoms. The van der Waals surface area contributed by atoms with Crippen molar-refractivity contribution in [2.45, 2.75) is 12.8 Å². The van der Waals surface area contributed by atoms with Gasteiger partial charge in [-0.1, -0.05) is 24.3 Å². The summed E-state index contributed by atoms with van der Waals surface area (Å²) in [5, 5.41) is 0. The number of alkyl halides is 1. The van der Waals surface area contributed by atoms with Gasteiger partial charge in [-0.15, -0.1) is 11.6 Å². The first-order valence-corrected chi connectivity index (χ1v) is 4.91. The van der Waals surface area contributed by atoms with Crippen molar-refractivity contribution in [2.24, 2.45) is 0 Å². The monoisotopic (exact) mass is 207 g/mol. The zero-order chi connectivity index (χ0) is 9.97. The van der Waals surface area contributed by atoms with Crippen LogP contribution in [0.3, 0.4) is 0 Å². The van der Waals surface area contributed by atoms with Gasteiger partial charge < -0.3 is 4.42 Å². The predicted octanol–water partition coefficient (Wildman–Crippen LogP) is 3.39. The third-order valence-corrected chi connectivity index (χ3v) is 2.31. The summed E-state index contributed by atoms with van der Waals surface area (Å²) >= 11 is 5.61. The van der Waals surface area contributed by atoms with Crippen molar-refractivity contribution >= 4 is 11.6 Å². The van der Waals surface area contributed by atoms with E-state index in [0.29, 0.717) is 11.8 Å².